The number of halogens is 1. The lowest BCUT2D eigenvalue weighted by Gasteiger charge is -2.24. The second-order valence-electron chi connectivity index (χ2n) is 6.76. The first-order valence-electron chi connectivity index (χ1n) is 9.45. The Bertz CT molecular complexity index is 680. The van der Waals surface area contributed by atoms with Crippen molar-refractivity contribution in [1.29, 1.82) is 0 Å². The first-order chi connectivity index (χ1) is 13.1. The summed E-state index contributed by atoms with van der Waals surface area (Å²) < 4.78 is 20.0. The van der Waals surface area contributed by atoms with Gasteiger partial charge in [0, 0.05) is 25.3 Å². The Morgan fingerprint density at radius 1 is 1.37 bits per heavy atom. The number of rotatable bonds is 6. The molecule has 0 aliphatic carbocycles. The summed E-state index contributed by atoms with van der Waals surface area (Å²) in [5.41, 5.74) is 1.06. The number of nitrogens with zero attached hydrogens (tertiary/aromatic N) is 2. The molecular formula is C19H26FN3O3S. The Kier molecular flexibility index (Phi) is 6.82. The van der Waals surface area contributed by atoms with Crippen LogP contribution in [0, 0.1) is 5.82 Å². The SMILES string of the molecule is CCCC(=O)NCC1CN(c2ccc(N3CCCSCC3)c(F)c2)C(=O)O1. The number of hydrogen-bond donors (Lipinski definition) is 1. The van der Waals surface area contributed by atoms with E-state index >= 15 is 0 Å². The van der Waals surface area contributed by atoms with E-state index in [2.05, 4.69) is 10.2 Å². The average Bonchev–Trinajstić information content (AvgIpc) is 2.83. The summed E-state index contributed by atoms with van der Waals surface area (Å²) in [5, 5.41) is 2.76. The van der Waals surface area contributed by atoms with E-state index in [0.717, 1.165) is 37.4 Å². The van der Waals surface area contributed by atoms with Gasteiger partial charge in [-0.2, -0.15) is 11.8 Å². The number of nitrogens with one attached hydrogen (secondary N) is 1. The van der Waals surface area contributed by atoms with Crippen molar-refractivity contribution in [3.05, 3.63) is 24.0 Å². The predicted molar refractivity (Wildman–Crippen MR) is 106 cm³/mol. The van der Waals surface area contributed by atoms with Crippen LogP contribution in [-0.4, -0.2) is 55.8 Å². The van der Waals surface area contributed by atoms with Crippen molar-refractivity contribution in [2.45, 2.75) is 32.3 Å². The van der Waals surface area contributed by atoms with E-state index in [0.29, 0.717) is 24.3 Å². The summed E-state index contributed by atoms with van der Waals surface area (Å²) in [5.74, 6) is 1.71. The molecule has 2 heterocycles. The van der Waals surface area contributed by atoms with E-state index in [1.807, 2.05) is 18.7 Å². The molecule has 0 spiro atoms. The van der Waals surface area contributed by atoms with E-state index < -0.39 is 12.2 Å². The number of amides is 2. The zero-order valence-corrected chi connectivity index (χ0v) is 16.4. The number of carbonyl (C=O) groups is 2. The third kappa shape index (κ3) is 5.06. The fourth-order valence-electron chi connectivity index (χ4n) is 3.29. The Morgan fingerprint density at radius 2 is 2.22 bits per heavy atom. The van der Waals surface area contributed by atoms with Crippen LogP contribution in [0.15, 0.2) is 18.2 Å². The molecule has 2 fully saturated rings. The molecule has 0 saturated carbocycles. The largest absolute Gasteiger partial charge is 0.442 e. The van der Waals surface area contributed by atoms with E-state index in [1.54, 1.807) is 12.1 Å². The van der Waals surface area contributed by atoms with Crippen LogP contribution in [0.25, 0.3) is 0 Å². The monoisotopic (exact) mass is 395 g/mol. The van der Waals surface area contributed by atoms with Gasteiger partial charge < -0.3 is 15.0 Å². The van der Waals surface area contributed by atoms with Gasteiger partial charge in [0.1, 0.15) is 11.9 Å². The molecule has 6 nitrogen and oxygen atoms in total. The smallest absolute Gasteiger partial charge is 0.414 e. The maximum Gasteiger partial charge on any atom is 0.414 e. The van der Waals surface area contributed by atoms with Crippen molar-refractivity contribution in [1.82, 2.24) is 5.32 Å². The first kappa shape index (κ1) is 19.8. The highest BCUT2D eigenvalue weighted by molar-refractivity contribution is 7.99. The van der Waals surface area contributed by atoms with Gasteiger partial charge in [-0.1, -0.05) is 6.92 Å². The molecule has 1 aromatic carbocycles. The minimum Gasteiger partial charge on any atom is -0.442 e. The molecule has 1 atom stereocenters. The van der Waals surface area contributed by atoms with Crippen LogP contribution in [0.5, 0.6) is 0 Å². The summed E-state index contributed by atoms with van der Waals surface area (Å²) in [4.78, 5) is 27.2. The van der Waals surface area contributed by atoms with Crippen molar-refractivity contribution in [2.75, 3.05) is 47.5 Å². The molecule has 1 aromatic rings. The van der Waals surface area contributed by atoms with Gasteiger partial charge in [-0.15, -0.1) is 0 Å². The van der Waals surface area contributed by atoms with Crippen molar-refractivity contribution in [3.8, 4) is 0 Å². The van der Waals surface area contributed by atoms with Crippen LogP contribution in [0.3, 0.4) is 0 Å². The lowest BCUT2D eigenvalue weighted by Crippen LogP contribution is -2.34. The van der Waals surface area contributed by atoms with Crippen LogP contribution in [0.2, 0.25) is 0 Å². The number of ether oxygens (including phenoxy) is 1. The van der Waals surface area contributed by atoms with E-state index in [-0.39, 0.29) is 18.3 Å². The summed E-state index contributed by atoms with van der Waals surface area (Å²) in [6.07, 6.45) is 1.32. The van der Waals surface area contributed by atoms with Crippen molar-refractivity contribution >= 4 is 35.1 Å². The highest BCUT2D eigenvalue weighted by Gasteiger charge is 2.33. The highest BCUT2D eigenvalue weighted by Crippen LogP contribution is 2.29. The topological polar surface area (TPSA) is 61.9 Å². The lowest BCUT2D eigenvalue weighted by molar-refractivity contribution is -0.121. The summed E-state index contributed by atoms with van der Waals surface area (Å²) in [6.45, 7) is 4.16. The zero-order valence-electron chi connectivity index (χ0n) is 15.6. The van der Waals surface area contributed by atoms with Crippen LogP contribution < -0.4 is 15.1 Å². The third-order valence-corrected chi connectivity index (χ3v) is 5.73. The normalized spacial score (nSPS) is 20.4. The fourth-order valence-corrected chi connectivity index (χ4v) is 4.18. The van der Waals surface area contributed by atoms with Gasteiger partial charge in [-0.3, -0.25) is 9.69 Å². The number of benzene rings is 1. The molecule has 27 heavy (non-hydrogen) atoms. The second kappa shape index (κ2) is 9.30. The molecular weight excluding hydrogens is 369 g/mol. The number of hydrogen-bond acceptors (Lipinski definition) is 5. The summed E-state index contributed by atoms with van der Waals surface area (Å²) >= 11 is 1.89. The molecule has 8 heteroatoms. The Hall–Kier alpha value is -1.96. The molecule has 0 aromatic heterocycles. The summed E-state index contributed by atoms with van der Waals surface area (Å²) in [6, 6.07) is 4.90. The minimum atomic E-state index is -0.511. The van der Waals surface area contributed by atoms with Crippen molar-refractivity contribution < 1.29 is 18.7 Å². The lowest BCUT2D eigenvalue weighted by atomic mass is 10.2. The second-order valence-corrected chi connectivity index (χ2v) is 7.98. The Morgan fingerprint density at radius 3 is 3.00 bits per heavy atom. The van der Waals surface area contributed by atoms with E-state index in [1.165, 1.54) is 11.0 Å². The van der Waals surface area contributed by atoms with E-state index in [9.17, 15) is 14.0 Å². The van der Waals surface area contributed by atoms with Gasteiger partial charge in [0.15, 0.2) is 0 Å². The minimum absolute atomic E-state index is 0.0574. The predicted octanol–water partition coefficient (Wildman–Crippen LogP) is 3.01. The Balaban J connectivity index is 1.63. The molecule has 1 N–H and O–H groups in total. The van der Waals surface area contributed by atoms with Crippen LogP contribution in [0.4, 0.5) is 20.6 Å². The summed E-state index contributed by atoms with van der Waals surface area (Å²) in [7, 11) is 0. The molecule has 2 saturated heterocycles. The van der Waals surface area contributed by atoms with Gasteiger partial charge in [-0.05, 0) is 36.8 Å². The van der Waals surface area contributed by atoms with Crippen LogP contribution in [0.1, 0.15) is 26.2 Å². The van der Waals surface area contributed by atoms with Crippen molar-refractivity contribution in [3.63, 3.8) is 0 Å². The molecule has 148 valence electrons. The maximum atomic E-state index is 14.7. The van der Waals surface area contributed by atoms with Gasteiger partial charge in [-0.25, -0.2) is 9.18 Å². The number of anilines is 2. The quantitative estimate of drug-likeness (QED) is 0.802. The molecule has 0 radical (unpaired) electrons. The zero-order chi connectivity index (χ0) is 19.2. The molecule has 2 aliphatic heterocycles. The first-order valence-corrected chi connectivity index (χ1v) is 10.6. The van der Waals surface area contributed by atoms with Crippen LogP contribution >= 0.6 is 11.8 Å². The number of cyclic esters (lactones) is 1. The molecule has 2 aliphatic rings. The van der Waals surface area contributed by atoms with Gasteiger partial charge in [0.25, 0.3) is 0 Å². The Labute approximate surface area is 163 Å². The van der Waals surface area contributed by atoms with Gasteiger partial charge in [0.05, 0.1) is 24.5 Å². The molecule has 0 bridgehead atoms. The molecule has 2 amide bonds. The van der Waals surface area contributed by atoms with Gasteiger partial charge >= 0.3 is 6.09 Å². The molecule has 3 rings (SSSR count). The number of thioether (sulfide) groups is 1. The van der Waals surface area contributed by atoms with Crippen LogP contribution in [-0.2, 0) is 9.53 Å². The standard InChI is InChI=1S/C19H26FN3O3S/c1-2-4-18(24)21-12-15-13-23(19(25)26-15)14-5-6-17(16(20)11-14)22-7-3-9-27-10-8-22/h5-6,11,15H,2-4,7-10,12-13H2,1H3,(H,21,24). The highest BCUT2D eigenvalue weighted by atomic mass is 32.2. The van der Waals surface area contributed by atoms with E-state index in [4.69, 9.17) is 4.74 Å². The maximum absolute atomic E-state index is 14.7. The van der Waals surface area contributed by atoms with Crippen molar-refractivity contribution in [2.24, 2.45) is 0 Å². The molecule has 1 unspecified atom stereocenters. The average molecular weight is 396 g/mol. The third-order valence-electron chi connectivity index (χ3n) is 4.68. The fraction of sp³-hybridized carbons (Fsp3) is 0.579. The van der Waals surface area contributed by atoms with Gasteiger partial charge in [0.2, 0.25) is 5.91 Å². The number of carbonyl (C=O) groups excluding carboxylic acids is 2.